The lowest BCUT2D eigenvalue weighted by Crippen LogP contribution is -2.41. The fraction of sp³-hybridized carbons (Fsp3) is 0.455. The average Bonchev–Trinajstić information content (AvgIpc) is 3.46. The summed E-state index contributed by atoms with van der Waals surface area (Å²) in [7, 11) is 1.71. The van der Waals surface area contributed by atoms with E-state index < -0.39 is 0 Å². The van der Waals surface area contributed by atoms with Gasteiger partial charge in [-0.15, -0.1) is 24.0 Å². The molecule has 9 heteroatoms. The normalized spacial score (nSPS) is 15.8. The van der Waals surface area contributed by atoms with Gasteiger partial charge in [-0.3, -0.25) is 9.79 Å². The number of amides is 1. The molecule has 1 saturated heterocycles. The van der Waals surface area contributed by atoms with E-state index in [9.17, 15) is 4.79 Å². The van der Waals surface area contributed by atoms with Gasteiger partial charge in [-0.1, -0.05) is 12.1 Å². The van der Waals surface area contributed by atoms with Gasteiger partial charge in [-0.25, -0.2) is 0 Å². The molecule has 2 heterocycles. The predicted octanol–water partition coefficient (Wildman–Crippen LogP) is 2.72. The van der Waals surface area contributed by atoms with Gasteiger partial charge in [-0.2, -0.15) is 0 Å². The van der Waals surface area contributed by atoms with Crippen molar-refractivity contribution in [2.24, 2.45) is 10.9 Å². The van der Waals surface area contributed by atoms with Gasteiger partial charge >= 0.3 is 0 Å². The minimum Gasteiger partial charge on any atom is -0.493 e. The van der Waals surface area contributed by atoms with E-state index >= 15 is 0 Å². The van der Waals surface area contributed by atoms with Crippen molar-refractivity contribution in [1.82, 2.24) is 16.0 Å². The largest absolute Gasteiger partial charge is 0.493 e. The highest BCUT2D eigenvalue weighted by Crippen LogP contribution is 2.22. The molecule has 1 atom stereocenters. The Balaban J connectivity index is 0.00000341. The smallest absolute Gasteiger partial charge is 0.287 e. The van der Waals surface area contributed by atoms with Gasteiger partial charge in [0.2, 0.25) is 0 Å². The maximum atomic E-state index is 11.9. The molecule has 1 aliphatic rings. The molecule has 0 radical (unpaired) electrons. The van der Waals surface area contributed by atoms with E-state index in [4.69, 9.17) is 13.9 Å². The van der Waals surface area contributed by atoms with Gasteiger partial charge in [0, 0.05) is 44.8 Å². The van der Waals surface area contributed by atoms with Crippen molar-refractivity contribution in [2.75, 3.05) is 40.0 Å². The van der Waals surface area contributed by atoms with E-state index in [0.717, 1.165) is 36.5 Å². The summed E-state index contributed by atoms with van der Waals surface area (Å²) in [6.45, 7) is 5.87. The number of hydrogen-bond acceptors (Lipinski definition) is 5. The molecule has 2 aromatic rings. The molecule has 31 heavy (non-hydrogen) atoms. The average molecular weight is 542 g/mol. The summed E-state index contributed by atoms with van der Waals surface area (Å²) in [6, 6.07) is 9.52. The summed E-state index contributed by atoms with van der Waals surface area (Å²) in [6.07, 6.45) is 2.52. The number of ether oxygens (including phenoxy) is 2. The van der Waals surface area contributed by atoms with Crippen LogP contribution >= 0.6 is 24.0 Å². The standard InChI is InChI=1S/C22H30N4O4.HI/c1-16-5-6-18(20(12-16)30-15-17-7-11-28-14-17)13-26-22(23-2)25-9-8-24-21(27)19-4-3-10-29-19;/h3-6,10,12,17H,7-9,11,13-15H2,1-2H3,(H,24,27)(H2,23,25,26);1H. The summed E-state index contributed by atoms with van der Waals surface area (Å²) in [5.41, 5.74) is 2.22. The van der Waals surface area contributed by atoms with Gasteiger partial charge in [0.15, 0.2) is 11.7 Å². The van der Waals surface area contributed by atoms with Gasteiger partial charge < -0.3 is 29.8 Å². The topological polar surface area (TPSA) is 97.1 Å². The number of halogens is 1. The van der Waals surface area contributed by atoms with Crippen molar-refractivity contribution in [3.8, 4) is 5.75 Å². The van der Waals surface area contributed by atoms with Crippen molar-refractivity contribution < 1.29 is 18.7 Å². The Morgan fingerprint density at radius 2 is 2.06 bits per heavy atom. The number of carbonyl (C=O) groups is 1. The van der Waals surface area contributed by atoms with E-state index in [1.807, 2.05) is 0 Å². The van der Waals surface area contributed by atoms with Gasteiger partial charge in [0.1, 0.15) is 5.75 Å². The van der Waals surface area contributed by atoms with Crippen molar-refractivity contribution in [3.63, 3.8) is 0 Å². The number of nitrogens with zero attached hydrogens (tertiary/aromatic N) is 1. The number of rotatable bonds is 9. The first-order chi connectivity index (χ1) is 14.7. The van der Waals surface area contributed by atoms with Crippen LogP contribution in [0.3, 0.4) is 0 Å². The number of aliphatic imine (C=N–C) groups is 1. The molecule has 0 spiro atoms. The van der Waals surface area contributed by atoms with E-state index in [1.165, 1.54) is 6.26 Å². The number of hydrogen-bond donors (Lipinski definition) is 3. The van der Waals surface area contributed by atoms with E-state index in [2.05, 4.69) is 46.1 Å². The Morgan fingerprint density at radius 3 is 2.77 bits per heavy atom. The molecule has 0 saturated carbocycles. The van der Waals surface area contributed by atoms with Crippen LogP contribution in [0, 0.1) is 12.8 Å². The molecule has 170 valence electrons. The van der Waals surface area contributed by atoms with Crippen LogP contribution < -0.4 is 20.7 Å². The fourth-order valence-electron chi connectivity index (χ4n) is 3.12. The lowest BCUT2D eigenvalue weighted by atomic mass is 10.1. The van der Waals surface area contributed by atoms with E-state index in [0.29, 0.717) is 43.9 Å². The zero-order chi connectivity index (χ0) is 21.2. The SMILES string of the molecule is CN=C(NCCNC(=O)c1ccco1)NCc1ccc(C)cc1OCC1CCOC1.I. The Labute approximate surface area is 200 Å². The molecule has 1 unspecified atom stereocenters. The van der Waals surface area contributed by atoms with E-state index in [1.54, 1.807) is 19.2 Å². The molecule has 0 bridgehead atoms. The first kappa shape index (κ1) is 25.0. The third kappa shape index (κ3) is 8.06. The minimum absolute atomic E-state index is 0. The second-order valence-electron chi connectivity index (χ2n) is 7.24. The highest BCUT2D eigenvalue weighted by atomic mass is 127. The number of guanidine groups is 1. The van der Waals surface area contributed by atoms with Crippen LogP contribution in [0.25, 0.3) is 0 Å². The Bertz CT molecular complexity index is 836. The molecule has 1 amide bonds. The Hall–Kier alpha value is -2.27. The first-order valence-electron chi connectivity index (χ1n) is 10.2. The second-order valence-corrected chi connectivity index (χ2v) is 7.24. The second kappa shape index (κ2) is 13.2. The number of benzene rings is 1. The van der Waals surface area contributed by atoms with Crippen LogP contribution in [-0.2, 0) is 11.3 Å². The van der Waals surface area contributed by atoms with Crippen LogP contribution in [0.5, 0.6) is 5.75 Å². The minimum atomic E-state index is -0.237. The molecule has 1 aromatic heterocycles. The summed E-state index contributed by atoms with van der Waals surface area (Å²) >= 11 is 0. The maximum absolute atomic E-state index is 11.9. The molecule has 3 N–H and O–H groups in total. The quantitative estimate of drug-likeness (QED) is 0.195. The van der Waals surface area contributed by atoms with Gasteiger partial charge in [0.25, 0.3) is 5.91 Å². The summed E-state index contributed by atoms with van der Waals surface area (Å²) in [5, 5.41) is 9.27. The highest BCUT2D eigenvalue weighted by Gasteiger charge is 2.17. The van der Waals surface area contributed by atoms with Crippen molar-refractivity contribution in [3.05, 3.63) is 53.5 Å². The molecular formula is C22H31IN4O4. The molecule has 1 fully saturated rings. The Kier molecular flexibility index (Phi) is 10.6. The maximum Gasteiger partial charge on any atom is 0.287 e. The molecule has 3 rings (SSSR count). The molecular weight excluding hydrogens is 511 g/mol. The van der Waals surface area contributed by atoms with Crippen LogP contribution in [0.15, 0.2) is 46.0 Å². The van der Waals surface area contributed by atoms with Crippen molar-refractivity contribution in [2.45, 2.75) is 19.9 Å². The number of carbonyl (C=O) groups excluding carboxylic acids is 1. The fourth-order valence-corrected chi connectivity index (χ4v) is 3.12. The molecule has 8 nitrogen and oxygen atoms in total. The Morgan fingerprint density at radius 1 is 1.23 bits per heavy atom. The summed E-state index contributed by atoms with van der Waals surface area (Å²) in [4.78, 5) is 16.1. The van der Waals surface area contributed by atoms with Crippen LogP contribution in [0.2, 0.25) is 0 Å². The molecule has 1 aromatic carbocycles. The summed E-state index contributed by atoms with van der Waals surface area (Å²) < 4.78 is 16.6. The van der Waals surface area contributed by atoms with Crippen molar-refractivity contribution >= 4 is 35.8 Å². The van der Waals surface area contributed by atoms with Crippen LogP contribution in [0.1, 0.15) is 28.1 Å². The third-order valence-electron chi connectivity index (χ3n) is 4.84. The molecule has 0 aliphatic carbocycles. The first-order valence-corrected chi connectivity index (χ1v) is 10.2. The molecule has 1 aliphatic heterocycles. The monoisotopic (exact) mass is 542 g/mol. The number of nitrogens with one attached hydrogen (secondary N) is 3. The predicted molar refractivity (Wildman–Crippen MR) is 130 cm³/mol. The van der Waals surface area contributed by atoms with E-state index in [-0.39, 0.29) is 29.9 Å². The lowest BCUT2D eigenvalue weighted by molar-refractivity contribution is 0.0926. The lowest BCUT2D eigenvalue weighted by Gasteiger charge is -2.17. The van der Waals surface area contributed by atoms with Crippen LogP contribution in [0.4, 0.5) is 0 Å². The zero-order valence-corrected chi connectivity index (χ0v) is 20.3. The highest BCUT2D eigenvalue weighted by molar-refractivity contribution is 14.0. The van der Waals surface area contributed by atoms with Gasteiger partial charge in [-0.05, 0) is 37.1 Å². The van der Waals surface area contributed by atoms with Gasteiger partial charge in [0.05, 0.1) is 19.5 Å². The van der Waals surface area contributed by atoms with Crippen LogP contribution in [-0.4, -0.2) is 51.8 Å². The number of aryl methyl sites for hydroxylation is 1. The number of furan rings is 1. The zero-order valence-electron chi connectivity index (χ0n) is 18.0. The third-order valence-corrected chi connectivity index (χ3v) is 4.84. The summed E-state index contributed by atoms with van der Waals surface area (Å²) in [5.74, 6) is 2.05. The van der Waals surface area contributed by atoms with Crippen molar-refractivity contribution in [1.29, 1.82) is 0 Å².